The zero-order valence-corrected chi connectivity index (χ0v) is 13.4. The highest BCUT2D eigenvalue weighted by Gasteiger charge is 2.20. The van der Waals surface area contributed by atoms with Gasteiger partial charge in [0.1, 0.15) is 0 Å². The normalized spacial score (nSPS) is 22.9. The molecule has 1 heterocycles. The van der Waals surface area contributed by atoms with Crippen LogP contribution in [0.3, 0.4) is 0 Å². The van der Waals surface area contributed by atoms with Crippen molar-refractivity contribution in [1.29, 1.82) is 0 Å². The Balaban J connectivity index is 1.87. The zero-order valence-electron chi connectivity index (χ0n) is 13.4. The highest BCUT2D eigenvalue weighted by molar-refractivity contribution is 5.30. The molecular weight excluding hydrogens is 246 g/mol. The fourth-order valence-corrected chi connectivity index (χ4v) is 3.04. The van der Waals surface area contributed by atoms with Crippen molar-refractivity contribution in [2.24, 2.45) is 5.73 Å². The standard InChI is InChI=1S/C17H29N3/c1-13-9-14(2)11-16(10-13)17(18)5-6-20-8-7-19(4)15(3)12-20/h9-11,15,17H,5-8,12,18H2,1-4H3. The van der Waals surface area contributed by atoms with E-state index in [-0.39, 0.29) is 6.04 Å². The van der Waals surface area contributed by atoms with Crippen LogP contribution in [0.25, 0.3) is 0 Å². The van der Waals surface area contributed by atoms with E-state index in [2.05, 4.69) is 55.8 Å². The van der Waals surface area contributed by atoms with Crippen molar-refractivity contribution in [3.8, 4) is 0 Å². The molecule has 2 N–H and O–H groups in total. The van der Waals surface area contributed by atoms with Gasteiger partial charge in [-0.15, -0.1) is 0 Å². The summed E-state index contributed by atoms with van der Waals surface area (Å²) in [5.41, 5.74) is 10.3. The summed E-state index contributed by atoms with van der Waals surface area (Å²) < 4.78 is 0. The van der Waals surface area contributed by atoms with E-state index < -0.39 is 0 Å². The van der Waals surface area contributed by atoms with Crippen molar-refractivity contribution in [3.63, 3.8) is 0 Å². The van der Waals surface area contributed by atoms with Crippen molar-refractivity contribution < 1.29 is 0 Å². The highest BCUT2D eigenvalue weighted by Crippen LogP contribution is 2.19. The van der Waals surface area contributed by atoms with E-state index in [1.807, 2.05) is 0 Å². The molecule has 0 bridgehead atoms. The fourth-order valence-electron chi connectivity index (χ4n) is 3.04. The van der Waals surface area contributed by atoms with Gasteiger partial charge < -0.3 is 15.5 Å². The quantitative estimate of drug-likeness (QED) is 0.915. The summed E-state index contributed by atoms with van der Waals surface area (Å²) in [5, 5.41) is 0. The third kappa shape index (κ3) is 4.05. The molecule has 3 nitrogen and oxygen atoms in total. The average molecular weight is 275 g/mol. The molecule has 0 radical (unpaired) electrons. The van der Waals surface area contributed by atoms with Crippen molar-refractivity contribution in [2.45, 2.75) is 39.3 Å². The van der Waals surface area contributed by atoms with Crippen molar-refractivity contribution >= 4 is 0 Å². The van der Waals surface area contributed by atoms with Gasteiger partial charge in [0.25, 0.3) is 0 Å². The number of rotatable bonds is 4. The molecule has 112 valence electrons. The van der Waals surface area contributed by atoms with Crippen LogP contribution >= 0.6 is 0 Å². The second-order valence-corrected chi connectivity index (χ2v) is 6.45. The molecule has 3 heteroatoms. The third-order valence-corrected chi connectivity index (χ3v) is 4.47. The fraction of sp³-hybridized carbons (Fsp3) is 0.647. The van der Waals surface area contributed by atoms with Gasteiger partial charge in [0.15, 0.2) is 0 Å². The van der Waals surface area contributed by atoms with Crippen LogP contribution in [0.15, 0.2) is 18.2 Å². The van der Waals surface area contributed by atoms with Gasteiger partial charge in [0, 0.05) is 38.3 Å². The number of benzene rings is 1. The summed E-state index contributed by atoms with van der Waals surface area (Å²) in [7, 11) is 2.21. The Kier molecular flexibility index (Phi) is 5.19. The summed E-state index contributed by atoms with van der Waals surface area (Å²) in [6, 6.07) is 7.47. The maximum absolute atomic E-state index is 6.37. The predicted octanol–water partition coefficient (Wildman–Crippen LogP) is 2.33. The molecule has 1 aliphatic rings. The summed E-state index contributed by atoms with van der Waals surface area (Å²) in [5.74, 6) is 0. The molecular formula is C17H29N3. The van der Waals surface area contributed by atoms with Gasteiger partial charge in [-0.1, -0.05) is 29.3 Å². The SMILES string of the molecule is Cc1cc(C)cc(C(N)CCN2CCN(C)C(C)C2)c1. The molecule has 0 aliphatic carbocycles. The van der Waals surface area contributed by atoms with Gasteiger partial charge in [-0.2, -0.15) is 0 Å². The van der Waals surface area contributed by atoms with Gasteiger partial charge in [-0.3, -0.25) is 0 Å². The Morgan fingerprint density at radius 3 is 2.45 bits per heavy atom. The van der Waals surface area contributed by atoms with Gasteiger partial charge >= 0.3 is 0 Å². The van der Waals surface area contributed by atoms with Crippen molar-refractivity contribution in [2.75, 3.05) is 33.2 Å². The summed E-state index contributed by atoms with van der Waals surface area (Å²) in [6.07, 6.45) is 1.04. The molecule has 1 aromatic rings. The van der Waals surface area contributed by atoms with E-state index in [9.17, 15) is 0 Å². The Morgan fingerprint density at radius 2 is 1.85 bits per heavy atom. The van der Waals surface area contributed by atoms with Crippen LogP contribution in [0.5, 0.6) is 0 Å². The minimum atomic E-state index is 0.156. The summed E-state index contributed by atoms with van der Waals surface area (Å²) in [6.45, 7) is 11.2. The zero-order chi connectivity index (χ0) is 14.7. The smallest absolute Gasteiger partial charge is 0.0307 e. The number of nitrogens with zero attached hydrogens (tertiary/aromatic N) is 2. The molecule has 2 unspecified atom stereocenters. The lowest BCUT2D eigenvalue weighted by Gasteiger charge is -2.38. The number of hydrogen-bond donors (Lipinski definition) is 1. The maximum atomic E-state index is 6.37. The first-order chi connectivity index (χ1) is 9.45. The van der Waals surface area contributed by atoms with Crippen LogP contribution in [-0.4, -0.2) is 49.1 Å². The number of likely N-dealkylation sites (N-methyl/N-ethyl adjacent to an activating group) is 1. The van der Waals surface area contributed by atoms with Crippen LogP contribution in [0.4, 0.5) is 0 Å². The first-order valence-corrected chi connectivity index (χ1v) is 7.72. The Morgan fingerprint density at radius 1 is 1.20 bits per heavy atom. The lowest BCUT2D eigenvalue weighted by atomic mass is 9.99. The number of aryl methyl sites for hydroxylation is 2. The minimum absolute atomic E-state index is 0.156. The van der Waals surface area contributed by atoms with Gasteiger partial charge in [-0.05, 0) is 39.8 Å². The molecule has 2 rings (SSSR count). The van der Waals surface area contributed by atoms with Crippen LogP contribution in [0.2, 0.25) is 0 Å². The average Bonchev–Trinajstić information content (AvgIpc) is 2.38. The summed E-state index contributed by atoms with van der Waals surface area (Å²) in [4.78, 5) is 4.98. The van der Waals surface area contributed by atoms with Gasteiger partial charge in [0.2, 0.25) is 0 Å². The topological polar surface area (TPSA) is 32.5 Å². The van der Waals surface area contributed by atoms with E-state index in [0.717, 1.165) is 19.5 Å². The second kappa shape index (κ2) is 6.70. The third-order valence-electron chi connectivity index (χ3n) is 4.47. The lowest BCUT2D eigenvalue weighted by molar-refractivity contribution is 0.103. The molecule has 0 spiro atoms. The minimum Gasteiger partial charge on any atom is -0.324 e. The monoisotopic (exact) mass is 275 g/mol. The number of hydrogen-bond acceptors (Lipinski definition) is 3. The first kappa shape index (κ1) is 15.5. The number of piperazine rings is 1. The van der Waals surface area contributed by atoms with Gasteiger partial charge in [0.05, 0.1) is 0 Å². The van der Waals surface area contributed by atoms with E-state index >= 15 is 0 Å². The second-order valence-electron chi connectivity index (χ2n) is 6.45. The Hall–Kier alpha value is -0.900. The molecule has 1 aliphatic heterocycles. The van der Waals surface area contributed by atoms with Crippen molar-refractivity contribution in [3.05, 3.63) is 34.9 Å². The van der Waals surface area contributed by atoms with E-state index in [0.29, 0.717) is 6.04 Å². The van der Waals surface area contributed by atoms with E-state index in [4.69, 9.17) is 5.73 Å². The molecule has 0 aromatic heterocycles. The van der Waals surface area contributed by atoms with Crippen LogP contribution in [-0.2, 0) is 0 Å². The molecule has 1 saturated heterocycles. The molecule has 0 amide bonds. The number of nitrogens with two attached hydrogens (primary N) is 1. The molecule has 2 atom stereocenters. The molecule has 1 aromatic carbocycles. The first-order valence-electron chi connectivity index (χ1n) is 7.72. The molecule has 0 saturated carbocycles. The Bertz CT molecular complexity index is 424. The van der Waals surface area contributed by atoms with Crippen LogP contribution in [0.1, 0.15) is 36.1 Å². The van der Waals surface area contributed by atoms with Crippen LogP contribution < -0.4 is 5.73 Å². The maximum Gasteiger partial charge on any atom is 0.0307 e. The molecule has 1 fully saturated rings. The Labute approximate surface area is 123 Å². The lowest BCUT2D eigenvalue weighted by Crippen LogP contribution is -2.50. The summed E-state index contributed by atoms with van der Waals surface area (Å²) >= 11 is 0. The molecule has 20 heavy (non-hydrogen) atoms. The van der Waals surface area contributed by atoms with E-state index in [1.165, 1.54) is 29.8 Å². The largest absolute Gasteiger partial charge is 0.324 e. The van der Waals surface area contributed by atoms with Crippen LogP contribution in [0, 0.1) is 13.8 Å². The van der Waals surface area contributed by atoms with Gasteiger partial charge in [-0.25, -0.2) is 0 Å². The van der Waals surface area contributed by atoms with E-state index in [1.54, 1.807) is 0 Å². The highest BCUT2D eigenvalue weighted by atomic mass is 15.3. The predicted molar refractivity (Wildman–Crippen MR) is 86.0 cm³/mol. The van der Waals surface area contributed by atoms with Crippen molar-refractivity contribution in [1.82, 2.24) is 9.80 Å².